The predicted octanol–water partition coefficient (Wildman–Crippen LogP) is 4.19. The van der Waals surface area contributed by atoms with E-state index in [-0.39, 0.29) is 13.0 Å². The van der Waals surface area contributed by atoms with E-state index in [9.17, 15) is 9.18 Å². The van der Waals surface area contributed by atoms with E-state index < -0.39 is 12.1 Å². The second-order valence-corrected chi connectivity index (χ2v) is 4.62. The Bertz CT molecular complexity index is 607. The van der Waals surface area contributed by atoms with Crippen LogP contribution in [0.5, 0.6) is 0 Å². The summed E-state index contributed by atoms with van der Waals surface area (Å²) >= 11 is 0. The lowest BCUT2D eigenvalue weighted by atomic mass is 10.1. The van der Waals surface area contributed by atoms with Crippen LogP contribution in [0.4, 0.5) is 4.39 Å². The molecule has 1 atom stereocenters. The largest absolute Gasteiger partial charge is 0.459 e. The van der Waals surface area contributed by atoms with Gasteiger partial charge in [-0.25, -0.2) is 9.18 Å². The van der Waals surface area contributed by atoms with Gasteiger partial charge in [0, 0.05) is 0 Å². The summed E-state index contributed by atoms with van der Waals surface area (Å²) in [6.45, 7) is 3.59. The Hall–Kier alpha value is -2.16. The van der Waals surface area contributed by atoms with Crippen LogP contribution in [0.1, 0.15) is 18.4 Å². The SMILES string of the molecule is C=CCCC(F)C(=O)OCc1ccc2ccccc2c1. The summed E-state index contributed by atoms with van der Waals surface area (Å²) in [5.74, 6) is -0.806. The molecule has 0 aliphatic heterocycles. The van der Waals surface area contributed by atoms with Crippen molar-refractivity contribution in [3.63, 3.8) is 0 Å². The average molecular weight is 272 g/mol. The van der Waals surface area contributed by atoms with Gasteiger partial charge >= 0.3 is 5.97 Å². The van der Waals surface area contributed by atoms with E-state index in [4.69, 9.17) is 4.74 Å². The smallest absolute Gasteiger partial charge is 0.341 e. The van der Waals surface area contributed by atoms with Crippen LogP contribution in [0.3, 0.4) is 0 Å². The second kappa shape index (κ2) is 6.85. The molecule has 0 aromatic heterocycles. The summed E-state index contributed by atoms with van der Waals surface area (Å²) in [6.07, 6.45) is 0.601. The number of alkyl halides is 1. The summed E-state index contributed by atoms with van der Waals surface area (Å²) in [7, 11) is 0. The number of ether oxygens (including phenoxy) is 1. The van der Waals surface area contributed by atoms with Crippen LogP contribution in [0.25, 0.3) is 10.8 Å². The first kappa shape index (κ1) is 14.3. The summed E-state index contributed by atoms with van der Waals surface area (Å²) in [4.78, 5) is 11.5. The van der Waals surface area contributed by atoms with Gasteiger partial charge in [0.25, 0.3) is 0 Å². The Kier molecular flexibility index (Phi) is 4.88. The molecule has 2 aromatic carbocycles. The molecule has 0 radical (unpaired) electrons. The van der Waals surface area contributed by atoms with E-state index in [1.54, 1.807) is 6.08 Å². The third-order valence-corrected chi connectivity index (χ3v) is 3.07. The average Bonchev–Trinajstić information content (AvgIpc) is 2.50. The summed E-state index contributed by atoms with van der Waals surface area (Å²) in [5, 5.41) is 2.20. The zero-order valence-corrected chi connectivity index (χ0v) is 11.2. The van der Waals surface area contributed by atoms with Crippen molar-refractivity contribution in [1.82, 2.24) is 0 Å². The third kappa shape index (κ3) is 3.67. The van der Waals surface area contributed by atoms with Gasteiger partial charge < -0.3 is 4.74 Å². The van der Waals surface area contributed by atoms with Crippen molar-refractivity contribution in [2.24, 2.45) is 0 Å². The quantitative estimate of drug-likeness (QED) is 0.582. The van der Waals surface area contributed by atoms with Crippen molar-refractivity contribution in [3.05, 3.63) is 60.7 Å². The highest BCUT2D eigenvalue weighted by molar-refractivity contribution is 5.83. The van der Waals surface area contributed by atoms with Crippen molar-refractivity contribution < 1.29 is 13.9 Å². The monoisotopic (exact) mass is 272 g/mol. The number of benzene rings is 2. The number of halogens is 1. The molecule has 0 spiro atoms. The molecule has 104 valence electrons. The topological polar surface area (TPSA) is 26.3 Å². The predicted molar refractivity (Wildman–Crippen MR) is 78.1 cm³/mol. The van der Waals surface area contributed by atoms with E-state index in [1.165, 1.54) is 0 Å². The number of rotatable bonds is 6. The minimum Gasteiger partial charge on any atom is -0.459 e. The Morgan fingerprint density at radius 3 is 2.75 bits per heavy atom. The van der Waals surface area contributed by atoms with Gasteiger partial charge in [0.2, 0.25) is 0 Å². The first-order valence-electron chi connectivity index (χ1n) is 6.60. The molecule has 0 aliphatic carbocycles. The van der Waals surface area contributed by atoms with E-state index in [1.807, 2.05) is 42.5 Å². The standard InChI is InChI=1S/C17H17FO2/c1-2-3-8-16(18)17(19)20-12-13-9-10-14-6-4-5-7-15(14)11-13/h2,4-7,9-11,16H,1,3,8,12H2. The summed E-state index contributed by atoms with van der Waals surface area (Å²) in [6, 6.07) is 13.7. The third-order valence-electron chi connectivity index (χ3n) is 3.07. The molecule has 0 fully saturated rings. The normalized spacial score (nSPS) is 12.1. The highest BCUT2D eigenvalue weighted by Crippen LogP contribution is 2.16. The van der Waals surface area contributed by atoms with Gasteiger partial charge in [0.15, 0.2) is 6.17 Å². The number of carbonyl (C=O) groups excluding carboxylic acids is 1. The number of esters is 1. The maximum Gasteiger partial charge on any atom is 0.341 e. The molecule has 0 bridgehead atoms. The van der Waals surface area contributed by atoms with Crippen molar-refractivity contribution in [2.75, 3.05) is 0 Å². The number of fused-ring (bicyclic) bond motifs is 1. The molecule has 0 amide bonds. The Morgan fingerprint density at radius 1 is 1.25 bits per heavy atom. The van der Waals surface area contributed by atoms with E-state index in [0.29, 0.717) is 6.42 Å². The lowest BCUT2D eigenvalue weighted by molar-refractivity contribution is -0.151. The van der Waals surface area contributed by atoms with Gasteiger partial charge in [-0.15, -0.1) is 6.58 Å². The minimum atomic E-state index is -1.58. The lowest BCUT2D eigenvalue weighted by Gasteiger charge is -2.08. The molecular weight excluding hydrogens is 255 g/mol. The highest BCUT2D eigenvalue weighted by Gasteiger charge is 2.17. The highest BCUT2D eigenvalue weighted by atomic mass is 19.1. The van der Waals surface area contributed by atoms with Crippen LogP contribution >= 0.6 is 0 Å². The number of hydrogen-bond acceptors (Lipinski definition) is 2. The minimum absolute atomic E-state index is 0.0954. The zero-order chi connectivity index (χ0) is 14.4. The molecule has 0 N–H and O–H groups in total. The van der Waals surface area contributed by atoms with Crippen LogP contribution in [0.15, 0.2) is 55.1 Å². The molecule has 0 aliphatic rings. The van der Waals surface area contributed by atoms with Crippen LogP contribution in [-0.2, 0) is 16.1 Å². The molecule has 0 heterocycles. The first-order valence-corrected chi connectivity index (χ1v) is 6.60. The molecule has 0 saturated carbocycles. The van der Waals surface area contributed by atoms with Gasteiger partial charge in [-0.1, -0.05) is 42.5 Å². The fourth-order valence-electron chi connectivity index (χ4n) is 1.96. The molecule has 3 heteroatoms. The molecule has 2 aromatic rings. The van der Waals surface area contributed by atoms with Crippen LogP contribution in [0, 0.1) is 0 Å². The van der Waals surface area contributed by atoms with Gasteiger partial charge in [-0.3, -0.25) is 0 Å². The van der Waals surface area contributed by atoms with Crippen molar-refractivity contribution in [3.8, 4) is 0 Å². The number of hydrogen-bond donors (Lipinski definition) is 0. The second-order valence-electron chi connectivity index (χ2n) is 4.62. The van der Waals surface area contributed by atoms with E-state index in [2.05, 4.69) is 6.58 Å². The fraction of sp³-hybridized carbons (Fsp3) is 0.235. The van der Waals surface area contributed by atoms with Gasteiger partial charge in [-0.2, -0.15) is 0 Å². The van der Waals surface area contributed by atoms with Gasteiger partial charge in [-0.05, 0) is 35.2 Å². The number of allylic oxidation sites excluding steroid dienone is 1. The Labute approximate surface area is 117 Å². The summed E-state index contributed by atoms with van der Waals surface area (Å²) < 4.78 is 18.4. The molecule has 1 unspecified atom stereocenters. The van der Waals surface area contributed by atoms with Crippen molar-refractivity contribution in [2.45, 2.75) is 25.6 Å². The van der Waals surface area contributed by atoms with Gasteiger partial charge in [0.05, 0.1) is 0 Å². The maximum absolute atomic E-state index is 13.4. The first-order chi connectivity index (χ1) is 9.70. The Balaban J connectivity index is 1.95. The maximum atomic E-state index is 13.4. The van der Waals surface area contributed by atoms with E-state index in [0.717, 1.165) is 16.3 Å². The Morgan fingerprint density at radius 2 is 2.00 bits per heavy atom. The number of carbonyl (C=O) groups is 1. The van der Waals surface area contributed by atoms with Crippen LogP contribution in [0.2, 0.25) is 0 Å². The fourth-order valence-corrected chi connectivity index (χ4v) is 1.96. The lowest BCUT2D eigenvalue weighted by Crippen LogP contribution is -2.18. The molecule has 20 heavy (non-hydrogen) atoms. The van der Waals surface area contributed by atoms with Gasteiger partial charge in [0.1, 0.15) is 6.61 Å². The summed E-state index contributed by atoms with van der Waals surface area (Å²) in [5.41, 5.74) is 0.855. The van der Waals surface area contributed by atoms with E-state index >= 15 is 0 Å². The van der Waals surface area contributed by atoms with Crippen molar-refractivity contribution in [1.29, 1.82) is 0 Å². The molecule has 2 nitrogen and oxygen atoms in total. The molecule has 0 saturated heterocycles. The van der Waals surface area contributed by atoms with Crippen molar-refractivity contribution >= 4 is 16.7 Å². The van der Waals surface area contributed by atoms with Crippen LogP contribution in [-0.4, -0.2) is 12.1 Å². The molecule has 2 rings (SSSR count). The van der Waals surface area contributed by atoms with Crippen LogP contribution < -0.4 is 0 Å². The molecular formula is C17H17FO2. The zero-order valence-electron chi connectivity index (χ0n) is 11.2.